The molecule has 18 heavy (non-hydrogen) atoms. The van der Waals surface area contributed by atoms with Crippen LogP contribution in [0, 0.1) is 0 Å². The maximum Gasteiger partial charge on any atom is 0.128 e. The van der Waals surface area contributed by atoms with Gasteiger partial charge in [-0.1, -0.05) is 30.3 Å². The second-order valence-corrected chi connectivity index (χ2v) is 4.50. The molecule has 0 amide bonds. The number of hydrogen-bond acceptors (Lipinski definition) is 3. The average Bonchev–Trinajstić information content (AvgIpc) is 2.40. The van der Waals surface area contributed by atoms with E-state index in [4.69, 9.17) is 4.74 Å². The van der Waals surface area contributed by atoms with Crippen molar-refractivity contribution in [2.24, 2.45) is 0 Å². The lowest BCUT2D eigenvalue weighted by Crippen LogP contribution is -2.24. The molecule has 0 spiro atoms. The lowest BCUT2D eigenvalue weighted by atomic mass is 9.87. The molecule has 2 aromatic rings. The van der Waals surface area contributed by atoms with Crippen molar-refractivity contribution >= 4 is 0 Å². The van der Waals surface area contributed by atoms with E-state index in [0.29, 0.717) is 12.4 Å². The van der Waals surface area contributed by atoms with E-state index >= 15 is 0 Å². The normalized spacial score (nSPS) is 22.1. The number of phenolic OH excluding ortho intramolecular Hbond substituents is 1. The molecule has 0 aliphatic carbocycles. The van der Waals surface area contributed by atoms with Crippen molar-refractivity contribution in [3.63, 3.8) is 0 Å². The minimum Gasteiger partial charge on any atom is -0.508 e. The molecule has 0 radical (unpaired) electrons. The summed E-state index contributed by atoms with van der Waals surface area (Å²) in [6.07, 6.45) is -0.600. The molecule has 0 saturated heterocycles. The molecule has 0 bridgehead atoms. The zero-order valence-corrected chi connectivity index (χ0v) is 9.78. The van der Waals surface area contributed by atoms with Gasteiger partial charge in [-0.3, -0.25) is 0 Å². The molecule has 3 nitrogen and oxygen atoms in total. The fraction of sp³-hybridized carbons (Fsp3) is 0.200. The zero-order valence-electron chi connectivity index (χ0n) is 9.78. The smallest absolute Gasteiger partial charge is 0.128 e. The van der Waals surface area contributed by atoms with E-state index < -0.39 is 6.10 Å². The average molecular weight is 242 g/mol. The number of fused-ring (bicyclic) bond motifs is 1. The molecular weight excluding hydrogens is 228 g/mol. The van der Waals surface area contributed by atoms with Gasteiger partial charge < -0.3 is 14.9 Å². The van der Waals surface area contributed by atoms with E-state index in [-0.39, 0.29) is 11.7 Å². The van der Waals surface area contributed by atoms with Crippen LogP contribution in [0.3, 0.4) is 0 Å². The van der Waals surface area contributed by atoms with E-state index in [0.717, 1.165) is 11.1 Å². The third kappa shape index (κ3) is 1.83. The Balaban J connectivity index is 1.97. The lowest BCUT2D eigenvalue weighted by molar-refractivity contribution is 0.0887. The topological polar surface area (TPSA) is 49.7 Å². The number of aliphatic hydroxyl groups excluding tert-OH is 1. The summed E-state index contributed by atoms with van der Waals surface area (Å²) in [7, 11) is 0. The Morgan fingerprint density at radius 1 is 1.06 bits per heavy atom. The molecule has 3 heteroatoms. The molecule has 2 aromatic carbocycles. The van der Waals surface area contributed by atoms with Crippen LogP contribution >= 0.6 is 0 Å². The van der Waals surface area contributed by atoms with Crippen molar-refractivity contribution in [1.29, 1.82) is 0 Å². The van der Waals surface area contributed by atoms with Crippen molar-refractivity contribution < 1.29 is 14.9 Å². The first-order valence-corrected chi connectivity index (χ1v) is 5.94. The van der Waals surface area contributed by atoms with Gasteiger partial charge in [0.1, 0.15) is 11.5 Å². The number of benzene rings is 2. The van der Waals surface area contributed by atoms with Crippen molar-refractivity contribution in [2.45, 2.75) is 12.0 Å². The largest absolute Gasteiger partial charge is 0.508 e. The summed E-state index contributed by atoms with van der Waals surface area (Å²) < 4.78 is 5.62. The molecule has 92 valence electrons. The van der Waals surface area contributed by atoms with Crippen molar-refractivity contribution in [1.82, 2.24) is 0 Å². The van der Waals surface area contributed by atoms with Gasteiger partial charge in [-0.05, 0) is 17.7 Å². The summed E-state index contributed by atoms with van der Waals surface area (Å²) >= 11 is 0. The van der Waals surface area contributed by atoms with Crippen molar-refractivity contribution in [2.75, 3.05) is 6.61 Å². The monoisotopic (exact) mass is 242 g/mol. The Hall–Kier alpha value is -2.00. The van der Waals surface area contributed by atoms with Crippen LogP contribution in [0.15, 0.2) is 48.5 Å². The summed E-state index contributed by atoms with van der Waals surface area (Å²) in [5, 5.41) is 19.8. The Kier molecular flexibility index (Phi) is 2.68. The predicted octanol–water partition coefficient (Wildman–Crippen LogP) is 2.60. The molecule has 1 aliphatic heterocycles. The highest BCUT2D eigenvalue weighted by Crippen LogP contribution is 2.41. The summed E-state index contributed by atoms with van der Waals surface area (Å²) in [6.45, 7) is 0.418. The predicted molar refractivity (Wildman–Crippen MR) is 67.7 cm³/mol. The van der Waals surface area contributed by atoms with E-state index in [1.165, 1.54) is 0 Å². The first kappa shape index (κ1) is 11.1. The fourth-order valence-electron chi connectivity index (χ4n) is 2.36. The summed E-state index contributed by atoms with van der Waals surface area (Å²) in [5.41, 5.74) is 1.79. The third-order valence-corrected chi connectivity index (χ3v) is 3.34. The van der Waals surface area contributed by atoms with Crippen LogP contribution in [0.25, 0.3) is 0 Å². The summed E-state index contributed by atoms with van der Waals surface area (Å²) in [5.74, 6) is 0.650. The van der Waals surface area contributed by atoms with Crippen LogP contribution in [-0.2, 0) is 0 Å². The van der Waals surface area contributed by atoms with E-state index in [9.17, 15) is 10.2 Å². The van der Waals surface area contributed by atoms with Gasteiger partial charge in [0.2, 0.25) is 0 Å². The van der Waals surface area contributed by atoms with Gasteiger partial charge in [-0.25, -0.2) is 0 Å². The molecule has 0 fully saturated rings. The Bertz CT molecular complexity index is 551. The number of aromatic hydroxyl groups is 1. The van der Waals surface area contributed by atoms with Crippen LogP contribution in [0.4, 0.5) is 0 Å². The summed E-state index contributed by atoms with van der Waals surface area (Å²) in [6, 6.07) is 14.7. The molecule has 2 atom stereocenters. The lowest BCUT2D eigenvalue weighted by Gasteiger charge is -2.30. The standard InChI is InChI=1S/C15H14O3/c16-11-6-7-12-14(8-11)18-9-13(15(12)17)10-4-2-1-3-5-10/h1-8,13,15-17H,9H2/t13?,15-/m0/s1. The molecule has 0 saturated carbocycles. The van der Waals surface area contributed by atoms with Crippen LogP contribution in [0.5, 0.6) is 11.5 Å². The highest BCUT2D eigenvalue weighted by molar-refractivity contribution is 5.44. The molecule has 1 unspecified atom stereocenters. The van der Waals surface area contributed by atoms with Crippen LogP contribution in [0.1, 0.15) is 23.1 Å². The quantitative estimate of drug-likeness (QED) is 0.808. The molecule has 2 N–H and O–H groups in total. The summed E-state index contributed by atoms with van der Waals surface area (Å²) in [4.78, 5) is 0. The van der Waals surface area contributed by atoms with Gasteiger partial charge in [0.05, 0.1) is 12.7 Å². The van der Waals surface area contributed by atoms with Gasteiger partial charge in [-0.15, -0.1) is 0 Å². The van der Waals surface area contributed by atoms with Crippen molar-refractivity contribution in [3.8, 4) is 11.5 Å². The first-order chi connectivity index (χ1) is 8.75. The third-order valence-electron chi connectivity index (χ3n) is 3.34. The van der Waals surface area contributed by atoms with Crippen LogP contribution in [0.2, 0.25) is 0 Å². The first-order valence-electron chi connectivity index (χ1n) is 5.94. The SMILES string of the molecule is Oc1ccc2c(c1)OCC(c1ccccc1)[C@H]2O. The van der Waals surface area contributed by atoms with Gasteiger partial charge in [0.25, 0.3) is 0 Å². The zero-order chi connectivity index (χ0) is 12.5. The van der Waals surface area contributed by atoms with Gasteiger partial charge in [0.15, 0.2) is 0 Å². The van der Waals surface area contributed by atoms with E-state index in [1.807, 2.05) is 30.3 Å². The van der Waals surface area contributed by atoms with Crippen LogP contribution in [-0.4, -0.2) is 16.8 Å². The maximum absolute atomic E-state index is 10.4. The number of rotatable bonds is 1. The number of hydrogen-bond donors (Lipinski definition) is 2. The Labute approximate surface area is 105 Å². The highest BCUT2D eigenvalue weighted by atomic mass is 16.5. The minimum absolute atomic E-state index is 0.0664. The van der Waals surface area contributed by atoms with Gasteiger partial charge in [-0.2, -0.15) is 0 Å². The highest BCUT2D eigenvalue weighted by Gasteiger charge is 2.30. The van der Waals surface area contributed by atoms with Gasteiger partial charge in [0, 0.05) is 17.5 Å². The molecule has 0 aromatic heterocycles. The molecule has 1 aliphatic rings. The van der Waals surface area contributed by atoms with Crippen LogP contribution < -0.4 is 4.74 Å². The number of phenols is 1. The second-order valence-electron chi connectivity index (χ2n) is 4.50. The molecule has 1 heterocycles. The Morgan fingerprint density at radius 3 is 2.61 bits per heavy atom. The number of ether oxygens (including phenoxy) is 1. The minimum atomic E-state index is -0.600. The van der Waals surface area contributed by atoms with Crippen molar-refractivity contribution in [3.05, 3.63) is 59.7 Å². The van der Waals surface area contributed by atoms with E-state index in [2.05, 4.69) is 0 Å². The second kappa shape index (κ2) is 4.35. The van der Waals surface area contributed by atoms with Gasteiger partial charge >= 0.3 is 0 Å². The molecule has 3 rings (SSSR count). The number of aliphatic hydroxyl groups is 1. The fourth-order valence-corrected chi connectivity index (χ4v) is 2.36. The molecular formula is C15H14O3. The van der Waals surface area contributed by atoms with E-state index in [1.54, 1.807) is 18.2 Å². The maximum atomic E-state index is 10.4. The Morgan fingerprint density at radius 2 is 1.83 bits per heavy atom.